The van der Waals surface area contributed by atoms with E-state index in [4.69, 9.17) is 28.4 Å². The molecule has 10 aromatic rings. The molecule has 0 unspecified atom stereocenters. The van der Waals surface area contributed by atoms with Crippen LogP contribution in [0.4, 0.5) is 0 Å². The molecule has 87 heavy (non-hydrogen) atoms. The van der Waals surface area contributed by atoms with Gasteiger partial charge in [0.1, 0.15) is 11.5 Å². The molecule has 0 saturated carbocycles. The summed E-state index contributed by atoms with van der Waals surface area (Å²) in [5.74, 6) is 1.90. The van der Waals surface area contributed by atoms with Crippen LogP contribution in [0.5, 0.6) is 11.5 Å². The number of rotatable bonds is 25. The monoisotopic (exact) mass is 1220 g/mol. The topological polar surface area (TPSA) is 55.4 Å². The molecule has 7 heteroatoms. The van der Waals surface area contributed by atoms with Crippen LogP contribution in [0.3, 0.4) is 0 Å². The lowest BCUT2D eigenvalue weighted by Crippen LogP contribution is -2.43. The molecule has 12 rings (SSSR count). The van der Waals surface area contributed by atoms with Gasteiger partial charge in [-0.05, 0) is 135 Å². The predicted octanol–water partition coefficient (Wildman–Crippen LogP) is 19.7. The fourth-order valence-electron chi connectivity index (χ4n) is 10.7. The second-order valence-electron chi connectivity index (χ2n) is 23.6. The van der Waals surface area contributed by atoms with Crippen molar-refractivity contribution < 1.29 is 28.4 Å². The van der Waals surface area contributed by atoms with Gasteiger partial charge in [0.15, 0.2) is 0 Å². The number of benzene rings is 10. The maximum Gasteiger partial charge on any atom is 0.120 e. The Hall–Kier alpha value is -7.88. The minimum absolute atomic E-state index is 0.0865. The van der Waals surface area contributed by atoms with Gasteiger partial charge in [0.25, 0.3) is 0 Å². The number of halogens is 1. The Morgan fingerprint density at radius 2 is 0.678 bits per heavy atom. The first-order chi connectivity index (χ1) is 42.7. The van der Waals surface area contributed by atoms with Crippen molar-refractivity contribution in [2.45, 2.75) is 51.9 Å². The van der Waals surface area contributed by atoms with Crippen molar-refractivity contribution >= 4 is 15.9 Å². The molecule has 444 valence electrons. The van der Waals surface area contributed by atoms with Crippen LogP contribution in [-0.4, -0.2) is 66.1 Å². The average molecular weight is 1220 g/mol. The lowest BCUT2D eigenvalue weighted by molar-refractivity contribution is -0.138. The standard InChI is InChI=1S/C40H40O3.C25H20.C15H21BrO3/c1-40(29-42-30-40)28-41-25-8-9-26-43-38-16-10-15-37(27-38)39(35-21-17-33(18-22-35)31-11-4-2-5-12-31)36-23-19-34(20-24-36)32-13-6-3-7-14-32;1-3-7-22(8-4-1)24-15-11-20(12-16-24)19-21-13-17-25(18-14-21)23-9-5-2-6-10-23;1-15(11-18-12-15)10-17-7-2-3-8-19-14-6-4-5-13(16)9-14/h2-7,10-24,27,39H,8-9,25-26,28-30H2,1H3;1-18H,19H2;4-6,9H,2-3,7-8,10-12H2,1H3. The van der Waals surface area contributed by atoms with E-state index in [-0.39, 0.29) is 16.7 Å². The van der Waals surface area contributed by atoms with Gasteiger partial charge in [-0.3, -0.25) is 0 Å². The highest BCUT2D eigenvalue weighted by molar-refractivity contribution is 9.10. The molecule has 2 aliphatic rings. The Labute approximate surface area is 525 Å². The van der Waals surface area contributed by atoms with Crippen LogP contribution in [0.25, 0.3) is 44.5 Å². The van der Waals surface area contributed by atoms with Crippen LogP contribution in [0.2, 0.25) is 0 Å². The maximum atomic E-state index is 6.23. The molecular formula is C80H81BrO6. The summed E-state index contributed by atoms with van der Waals surface area (Å²) in [6.07, 6.45) is 4.96. The third-order valence-corrected chi connectivity index (χ3v) is 16.3. The smallest absolute Gasteiger partial charge is 0.120 e. The minimum Gasteiger partial charge on any atom is -0.494 e. The van der Waals surface area contributed by atoms with E-state index in [1.807, 2.05) is 24.3 Å². The van der Waals surface area contributed by atoms with E-state index in [9.17, 15) is 0 Å². The van der Waals surface area contributed by atoms with Crippen LogP contribution in [0.1, 0.15) is 73.3 Å². The van der Waals surface area contributed by atoms with E-state index in [2.05, 4.69) is 272 Å². The molecule has 2 heterocycles. The Morgan fingerprint density at radius 3 is 1.03 bits per heavy atom. The SMILES string of the molecule is CC1(COCCCCOc2cccc(Br)c2)COC1.CC1(COCCCCOc2cccc(C(c3ccc(-c4ccccc4)cc3)c3ccc(-c4ccccc4)cc3)c2)COC1.c1ccc(-c2ccc(Cc3ccc(-c4ccccc4)cc3)cc2)cc1. The maximum absolute atomic E-state index is 6.23. The van der Waals surface area contributed by atoms with E-state index in [0.717, 1.165) is 108 Å². The molecule has 0 N–H and O–H groups in total. The highest BCUT2D eigenvalue weighted by Crippen LogP contribution is 2.37. The molecule has 0 aliphatic carbocycles. The molecule has 0 radical (unpaired) electrons. The molecular weight excluding hydrogens is 1140 g/mol. The van der Waals surface area contributed by atoms with Crippen LogP contribution in [0.15, 0.2) is 271 Å². The quantitative estimate of drug-likeness (QED) is 0.0420. The normalized spacial score (nSPS) is 13.6. The van der Waals surface area contributed by atoms with Gasteiger partial charge >= 0.3 is 0 Å². The summed E-state index contributed by atoms with van der Waals surface area (Å²) in [6.45, 7) is 12.3. The van der Waals surface area contributed by atoms with Crippen molar-refractivity contribution in [1.82, 2.24) is 0 Å². The zero-order chi connectivity index (χ0) is 59.8. The predicted molar refractivity (Wildman–Crippen MR) is 361 cm³/mol. The summed E-state index contributed by atoms with van der Waals surface area (Å²) in [5.41, 5.74) is 16.8. The molecule has 0 aromatic heterocycles. The number of ether oxygens (including phenoxy) is 6. The Bertz CT molecular complexity index is 3410. The van der Waals surface area contributed by atoms with Crippen molar-refractivity contribution in [3.63, 3.8) is 0 Å². The van der Waals surface area contributed by atoms with Crippen molar-refractivity contribution in [3.05, 3.63) is 299 Å². The van der Waals surface area contributed by atoms with Crippen molar-refractivity contribution in [2.24, 2.45) is 10.8 Å². The lowest BCUT2D eigenvalue weighted by atomic mass is 9.84. The fraction of sp³-hybridized carbons (Fsp3) is 0.250. The van der Waals surface area contributed by atoms with E-state index >= 15 is 0 Å². The number of hydrogen-bond acceptors (Lipinski definition) is 6. The van der Waals surface area contributed by atoms with Crippen molar-refractivity contribution in [3.8, 4) is 56.0 Å². The molecule has 0 spiro atoms. The third-order valence-electron chi connectivity index (χ3n) is 15.8. The first kappa shape index (κ1) is 62.2. The Morgan fingerprint density at radius 1 is 0.345 bits per heavy atom. The highest BCUT2D eigenvalue weighted by atomic mass is 79.9. The first-order valence-corrected chi connectivity index (χ1v) is 31.5. The summed E-state index contributed by atoms with van der Waals surface area (Å²) < 4.78 is 35.0. The second kappa shape index (κ2) is 32.2. The number of hydrogen-bond donors (Lipinski definition) is 0. The summed E-state index contributed by atoms with van der Waals surface area (Å²) >= 11 is 3.43. The van der Waals surface area contributed by atoms with Crippen LogP contribution in [-0.2, 0) is 25.4 Å². The Kier molecular flexibility index (Phi) is 23.0. The van der Waals surface area contributed by atoms with E-state index < -0.39 is 0 Å². The summed E-state index contributed by atoms with van der Waals surface area (Å²) in [7, 11) is 0. The van der Waals surface area contributed by atoms with E-state index in [1.54, 1.807) is 0 Å². The van der Waals surface area contributed by atoms with Crippen molar-refractivity contribution in [1.29, 1.82) is 0 Å². The zero-order valence-corrected chi connectivity index (χ0v) is 52.0. The third kappa shape index (κ3) is 19.1. The van der Waals surface area contributed by atoms with Crippen LogP contribution in [0, 0.1) is 10.8 Å². The average Bonchev–Trinajstić information content (AvgIpc) is 3.73. The largest absolute Gasteiger partial charge is 0.494 e. The second-order valence-corrected chi connectivity index (χ2v) is 24.5. The van der Waals surface area contributed by atoms with E-state index in [1.165, 1.54) is 72.3 Å². The molecule has 2 fully saturated rings. The van der Waals surface area contributed by atoms with Crippen molar-refractivity contribution in [2.75, 3.05) is 66.1 Å². The fourth-order valence-corrected chi connectivity index (χ4v) is 11.1. The minimum atomic E-state index is 0.0865. The molecule has 6 nitrogen and oxygen atoms in total. The molecule has 0 bridgehead atoms. The van der Waals surface area contributed by atoms with Gasteiger partial charge in [-0.1, -0.05) is 266 Å². The summed E-state index contributed by atoms with van der Waals surface area (Å²) in [6, 6.07) is 94.4. The molecule has 10 aromatic carbocycles. The van der Waals surface area contributed by atoms with E-state index in [0.29, 0.717) is 6.61 Å². The highest BCUT2D eigenvalue weighted by Gasteiger charge is 2.34. The number of unbranched alkanes of at least 4 members (excludes halogenated alkanes) is 2. The van der Waals surface area contributed by atoms with Gasteiger partial charge < -0.3 is 28.4 Å². The first-order valence-electron chi connectivity index (χ1n) is 30.7. The van der Waals surface area contributed by atoms with Gasteiger partial charge in [0.2, 0.25) is 0 Å². The zero-order valence-electron chi connectivity index (χ0n) is 50.4. The summed E-state index contributed by atoms with van der Waals surface area (Å²) in [5, 5.41) is 0. The van der Waals surface area contributed by atoms with Gasteiger partial charge in [0.05, 0.1) is 52.9 Å². The molecule has 0 atom stereocenters. The van der Waals surface area contributed by atoms with Gasteiger partial charge in [0, 0.05) is 34.4 Å². The molecule has 2 aliphatic heterocycles. The lowest BCUT2D eigenvalue weighted by Gasteiger charge is -2.37. The van der Waals surface area contributed by atoms with Crippen LogP contribution >= 0.6 is 15.9 Å². The molecule has 2 saturated heterocycles. The van der Waals surface area contributed by atoms with Crippen LogP contribution < -0.4 is 9.47 Å². The van der Waals surface area contributed by atoms with Gasteiger partial charge in [-0.25, -0.2) is 0 Å². The van der Waals surface area contributed by atoms with Gasteiger partial charge in [-0.15, -0.1) is 0 Å². The Balaban J connectivity index is 0.000000160. The molecule has 0 amide bonds. The summed E-state index contributed by atoms with van der Waals surface area (Å²) in [4.78, 5) is 0. The van der Waals surface area contributed by atoms with Gasteiger partial charge in [-0.2, -0.15) is 0 Å².